The molecule has 0 spiro atoms. The predicted octanol–water partition coefficient (Wildman–Crippen LogP) is 4.93. The van der Waals surface area contributed by atoms with E-state index < -0.39 is 10.0 Å². The highest BCUT2D eigenvalue weighted by molar-refractivity contribution is 7.89. The molecule has 34 heavy (non-hydrogen) atoms. The van der Waals surface area contributed by atoms with E-state index in [0.29, 0.717) is 23.1 Å². The molecule has 1 heterocycles. The fraction of sp³-hybridized carbons (Fsp3) is 0.360. The monoisotopic (exact) mass is 499 g/mol. The summed E-state index contributed by atoms with van der Waals surface area (Å²) < 4.78 is 30.0. The third-order valence-electron chi connectivity index (χ3n) is 5.80. The normalized spacial score (nSPS) is 12.1. The van der Waals surface area contributed by atoms with Gasteiger partial charge in [0.1, 0.15) is 0 Å². The van der Waals surface area contributed by atoms with Crippen molar-refractivity contribution < 1.29 is 8.42 Å². The highest BCUT2D eigenvalue weighted by Crippen LogP contribution is 2.25. The molecule has 0 aliphatic rings. The molecule has 0 saturated heterocycles. The van der Waals surface area contributed by atoms with Crippen LogP contribution in [0.25, 0.3) is 10.9 Å². The van der Waals surface area contributed by atoms with Gasteiger partial charge in [0.25, 0.3) is 0 Å². The fourth-order valence-electron chi connectivity index (χ4n) is 3.86. The summed E-state index contributed by atoms with van der Waals surface area (Å²) in [5, 5.41) is 8.64. The second-order valence-corrected chi connectivity index (χ2v) is 10.7. The van der Waals surface area contributed by atoms with Crippen LogP contribution >= 0.6 is 12.2 Å². The van der Waals surface area contributed by atoms with Crippen molar-refractivity contribution in [3.05, 3.63) is 59.3 Å². The van der Waals surface area contributed by atoms with Crippen LogP contribution in [0.2, 0.25) is 0 Å². The molecule has 0 bridgehead atoms. The first kappa shape index (κ1) is 25.9. The fourth-order valence-corrected chi connectivity index (χ4v) is 5.68. The average molecular weight is 500 g/mol. The Morgan fingerprint density at radius 2 is 1.85 bits per heavy atom. The number of aromatic nitrogens is 1. The number of fused-ring (bicyclic) bond motifs is 1. The lowest BCUT2D eigenvalue weighted by molar-refractivity contribution is 0.410. The summed E-state index contributed by atoms with van der Waals surface area (Å²) >= 11 is 5.38. The third-order valence-corrected chi connectivity index (χ3v) is 7.89. The van der Waals surface area contributed by atoms with E-state index in [-0.39, 0.29) is 0 Å². The quantitative estimate of drug-likeness (QED) is 0.248. The average Bonchev–Trinajstić information content (AvgIpc) is 3.11. The zero-order valence-electron chi connectivity index (χ0n) is 20.4. The summed E-state index contributed by atoms with van der Waals surface area (Å²) in [6.07, 6.45) is 5.12. The van der Waals surface area contributed by atoms with Crippen molar-refractivity contribution in [3.8, 4) is 0 Å². The van der Waals surface area contributed by atoms with Gasteiger partial charge >= 0.3 is 0 Å². The number of thiocarbonyl (C=S) groups is 1. The SMILES string of the molecule is CCCN(CCC)S(=O)(=O)c1ccc2c(c1)c(/C=N/NC(=S)Nc1cccc(C)c1C)cn2C. The molecule has 0 amide bonds. The Morgan fingerprint density at radius 3 is 2.53 bits per heavy atom. The lowest BCUT2D eigenvalue weighted by atomic mass is 10.1. The zero-order valence-corrected chi connectivity index (χ0v) is 22.1. The Labute approximate surface area is 207 Å². The van der Waals surface area contributed by atoms with E-state index in [0.717, 1.165) is 40.6 Å². The molecule has 0 fully saturated rings. The number of aryl methyl sites for hydroxylation is 2. The van der Waals surface area contributed by atoms with Gasteiger partial charge in [-0.2, -0.15) is 9.41 Å². The highest BCUT2D eigenvalue weighted by Gasteiger charge is 2.24. The largest absolute Gasteiger partial charge is 0.350 e. The van der Waals surface area contributed by atoms with Crippen molar-refractivity contribution in [2.75, 3.05) is 18.4 Å². The van der Waals surface area contributed by atoms with Crippen molar-refractivity contribution in [3.63, 3.8) is 0 Å². The van der Waals surface area contributed by atoms with E-state index in [4.69, 9.17) is 12.2 Å². The van der Waals surface area contributed by atoms with Crippen LogP contribution in [0.15, 0.2) is 52.6 Å². The van der Waals surface area contributed by atoms with Crippen molar-refractivity contribution >= 4 is 50.2 Å². The molecule has 3 aromatic rings. The lowest BCUT2D eigenvalue weighted by Crippen LogP contribution is -2.32. The molecule has 2 aromatic carbocycles. The van der Waals surface area contributed by atoms with Crippen LogP contribution in [-0.2, 0) is 17.1 Å². The number of sulfonamides is 1. The van der Waals surface area contributed by atoms with Crippen LogP contribution in [0, 0.1) is 13.8 Å². The second kappa shape index (κ2) is 11.1. The Hall–Kier alpha value is -2.75. The van der Waals surface area contributed by atoms with E-state index >= 15 is 0 Å². The van der Waals surface area contributed by atoms with Gasteiger partial charge < -0.3 is 9.88 Å². The first-order valence-electron chi connectivity index (χ1n) is 11.4. The number of hydrogen-bond donors (Lipinski definition) is 2. The van der Waals surface area contributed by atoms with Crippen LogP contribution in [0.1, 0.15) is 43.4 Å². The Bertz CT molecular complexity index is 1310. The van der Waals surface area contributed by atoms with Crippen LogP contribution < -0.4 is 10.7 Å². The van der Waals surface area contributed by atoms with E-state index in [1.165, 1.54) is 5.56 Å². The number of hydrazone groups is 1. The summed E-state index contributed by atoms with van der Waals surface area (Å²) in [4.78, 5) is 0.294. The van der Waals surface area contributed by atoms with Gasteiger partial charge in [-0.05, 0) is 74.3 Å². The molecule has 0 unspecified atom stereocenters. The summed E-state index contributed by atoms with van der Waals surface area (Å²) in [6, 6.07) is 11.2. The zero-order chi connectivity index (χ0) is 24.9. The van der Waals surface area contributed by atoms with E-state index in [2.05, 4.69) is 15.8 Å². The molecule has 7 nitrogen and oxygen atoms in total. The summed E-state index contributed by atoms with van der Waals surface area (Å²) in [5.41, 5.74) is 7.80. The number of hydrogen-bond acceptors (Lipinski definition) is 4. The first-order valence-corrected chi connectivity index (χ1v) is 13.3. The molecule has 3 rings (SSSR count). The molecule has 0 saturated carbocycles. The molecular formula is C25H33N5O2S2. The van der Waals surface area contributed by atoms with Crippen LogP contribution in [0.5, 0.6) is 0 Å². The van der Waals surface area contributed by atoms with Crippen LogP contribution in [-0.4, -0.2) is 41.7 Å². The van der Waals surface area contributed by atoms with Gasteiger partial charge in [0.2, 0.25) is 10.0 Å². The maximum atomic E-state index is 13.3. The number of anilines is 1. The predicted molar refractivity (Wildman–Crippen MR) is 145 cm³/mol. The van der Waals surface area contributed by atoms with Crippen molar-refractivity contribution in [1.82, 2.24) is 14.3 Å². The first-order chi connectivity index (χ1) is 16.2. The number of rotatable bonds is 9. The molecule has 0 atom stereocenters. The number of benzene rings is 2. The highest BCUT2D eigenvalue weighted by atomic mass is 32.2. The smallest absolute Gasteiger partial charge is 0.243 e. The van der Waals surface area contributed by atoms with Gasteiger partial charge in [-0.1, -0.05) is 26.0 Å². The molecule has 9 heteroatoms. The summed E-state index contributed by atoms with van der Waals surface area (Å²) in [7, 11) is -1.64. The van der Waals surface area contributed by atoms with Gasteiger partial charge in [0.15, 0.2) is 5.11 Å². The van der Waals surface area contributed by atoms with Crippen molar-refractivity contribution in [2.45, 2.75) is 45.4 Å². The van der Waals surface area contributed by atoms with Gasteiger partial charge in [0.05, 0.1) is 11.1 Å². The molecule has 0 radical (unpaired) electrons. The van der Waals surface area contributed by atoms with Gasteiger partial charge in [-0.3, -0.25) is 5.43 Å². The molecule has 1 aromatic heterocycles. The van der Waals surface area contributed by atoms with Crippen LogP contribution in [0.4, 0.5) is 5.69 Å². The third kappa shape index (κ3) is 5.65. The number of nitrogens with one attached hydrogen (secondary N) is 2. The maximum absolute atomic E-state index is 13.3. The van der Waals surface area contributed by atoms with Gasteiger partial charge in [0, 0.05) is 48.5 Å². The van der Waals surface area contributed by atoms with Gasteiger partial charge in [-0.25, -0.2) is 8.42 Å². The lowest BCUT2D eigenvalue weighted by Gasteiger charge is -2.21. The Morgan fingerprint density at radius 1 is 1.15 bits per heavy atom. The minimum Gasteiger partial charge on any atom is -0.350 e. The summed E-state index contributed by atoms with van der Waals surface area (Å²) in [5.74, 6) is 0. The van der Waals surface area contributed by atoms with E-state index in [9.17, 15) is 8.42 Å². The maximum Gasteiger partial charge on any atom is 0.243 e. The Balaban J connectivity index is 1.83. The standard InChI is InChI=1S/C25H33N5O2S2/c1-6-13-30(14-7-2)34(31,32)21-11-12-24-22(15-21)20(17-29(24)5)16-26-28-25(33)27-23-10-8-9-18(3)19(23)4/h8-12,15-17H,6-7,13-14H2,1-5H3,(H2,27,28,33)/b26-16+. The number of nitrogens with zero attached hydrogens (tertiary/aromatic N) is 3. The van der Waals surface area contributed by atoms with Crippen molar-refractivity contribution in [1.29, 1.82) is 0 Å². The molecule has 182 valence electrons. The second-order valence-electron chi connectivity index (χ2n) is 8.35. The Kier molecular flexibility index (Phi) is 8.46. The van der Waals surface area contributed by atoms with Crippen molar-refractivity contribution in [2.24, 2.45) is 12.1 Å². The minimum absolute atomic E-state index is 0.294. The van der Waals surface area contributed by atoms with Crippen LogP contribution in [0.3, 0.4) is 0 Å². The molecular weight excluding hydrogens is 466 g/mol. The molecule has 0 aliphatic carbocycles. The van der Waals surface area contributed by atoms with E-state index in [1.807, 2.05) is 69.8 Å². The summed E-state index contributed by atoms with van der Waals surface area (Å²) in [6.45, 7) is 9.07. The molecule has 2 N–H and O–H groups in total. The van der Waals surface area contributed by atoms with E-state index in [1.54, 1.807) is 22.7 Å². The topological polar surface area (TPSA) is 78.7 Å². The van der Waals surface area contributed by atoms with Gasteiger partial charge in [-0.15, -0.1) is 0 Å². The minimum atomic E-state index is -3.57. The molecule has 0 aliphatic heterocycles.